The normalized spacial score (nSPS) is 17.6. The molecule has 1 aliphatic carbocycles. The highest BCUT2D eigenvalue weighted by atomic mass is 35.5. The van der Waals surface area contributed by atoms with Crippen LogP contribution in [0.1, 0.15) is 71.8 Å². The van der Waals surface area contributed by atoms with Crippen molar-refractivity contribution in [2.24, 2.45) is 5.92 Å². The molecule has 0 spiro atoms. The average Bonchev–Trinajstić information content (AvgIpc) is 3.50. The van der Waals surface area contributed by atoms with E-state index in [9.17, 15) is 4.79 Å². The van der Waals surface area contributed by atoms with Crippen LogP contribution in [0.4, 0.5) is 0 Å². The number of piperidine rings is 1. The van der Waals surface area contributed by atoms with Crippen molar-refractivity contribution in [1.29, 1.82) is 0 Å². The summed E-state index contributed by atoms with van der Waals surface area (Å²) in [6.45, 7) is 6.74. The third-order valence-electron chi connectivity index (χ3n) is 7.18. The van der Waals surface area contributed by atoms with Crippen LogP contribution in [0.5, 0.6) is 0 Å². The van der Waals surface area contributed by atoms with Gasteiger partial charge in [0.1, 0.15) is 11.5 Å². The molecule has 1 N–H and O–H groups in total. The van der Waals surface area contributed by atoms with Crippen molar-refractivity contribution in [3.8, 4) is 11.3 Å². The largest absolute Gasteiger partial charge is 0.465 e. The zero-order valence-electron chi connectivity index (χ0n) is 20.0. The second-order valence-electron chi connectivity index (χ2n) is 9.66. The Hall–Kier alpha value is -2.57. The van der Waals surface area contributed by atoms with Gasteiger partial charge in [-0.2, -0.15) is 0 Å². The summed E-state index contributed by atoms with van der Waals surface area (Å²) in [6, 6.07) is 12.2. The Morgan fingerprint density at radius 2 is 1.88 bits per heavy atom. The number of aryl methyl sites for hydroxylation is 3. The summed E-state index contributed by atoms with van der Waals surface area (Å²) in [6.07, 6.45) is 7.06. The molecule has 0 radical (unpaired) electrons. The van der Waals surface area contributed by atoms with Crippen molar-refractivity contribution in [3.63, 3.8) is 0 Å². The van der Waals surface area contributed by atoms with Crippen LogP contribution in [0.15, 0.2) is 45.3 Å². The number of halogens is 1. The number of fused-ring (bicyclic) bond motifs is 1. The highest BCUT2D eigenvalue weighted by molar-refractivity contribution is 5.93. The van der Waals surface area contributed by atoms with Gasteiger partial charge in [0.05, 0.1) is 6.04 Å². The lowest BCUT2D eigenvalue weighted by Crippen LogP contribution is -2.41. The quantitative estimate of drug-likeness (QED) is 0.483. The topological polar surface area (TPSA) is 71.5 Å². The molecule has 182 valence electrons. The summed E-state index contributed by atoms with van der Waals surface area (Å²) in [7, 11) is 0. The molecule has 0 bridgehead atoms. The molecule has 1 atom stereocenters. The standard InChI is InChI=1S/C27H33N3O3.ClH/c1-18-11-13-30(14-12-18)24(25-10-7-19(2)32-25)17-28-27(31)23-16-26(33-29-23)22-9-8-20-5-3-4-6-21(20)15-22;/h7-10,15-16,18,24H,3-6,11-14,17H2,1-2H3,(H,28,31);1H. The van der Waals surface area contributed by atoms with Gasteiger partial charge >= 0.3 is 0 Å². The molecule has 6 nitrogen and oxygen atoms in total. The molecule has 34 heavy (non-hydrogen) atoms. The number of carbonyl (C=O) groups excluding carboxylic acids is 1. The fourth-order valence-corrected chi connectivity index (χ4v) is 5.07. The zero-order chi connectivity index (χ0) is 22.8. The van der Waals surface area contributed by atoms with Gasteiger partial charge in [-0.3, -0.25) is 9.69 Å². The summed E-state index contributed by atoms with van der Waals surface area (Å²) in [5, 5.41) is 7.12. The molecule has 7 heteroatoms. The molecule has 2 aliphatic rings. The number of hydrogen-bond donors (Lipinski definition) is 1. The molecule has 3 aromatic rings. The number of carbonyl (C=O) groups is 1. The molecule has 1 saturated heterocycles. The number of likely N-dealkylation sites (tertiary alicyclic amines) is 1. The first-order chi connectivity index (χ1) is 16.1. The Bertz CT molecular complexity index is 1110. The second-order valence-corrected chi connectivity index (χ2v) is 9.66. The van der Waals surface area contributed by atoms with Gasteiger partial charge in [0.2, 0.25) is 0 Å². The second kappa shape index (κ2) is 10.8. The number of aromatic nitrogens is 1. The highest BCUT2D eigenvalue weighted by Gasteiger charge is 2.28. The molecule has 1 fully saturated rings. The third-order valence-corrected chi connectivity index (χ3v) is 7.18. The highest BCUT2D eigenvalue weighted by Crippen LogP contribution is 2.29. The lowest BCUT2D eigenvalue weighted by atomic mass is 9.90. The Labute approximate surface area is 207 Å². The number of amides is 1. The molecule has 1 unspecified atom stereocenters. The first-order valence-corrected chi connectivity index (χ1v) is 12.2. The van der Waals surface area contributed by atoms with E-state index >= 15 is 0 Å². The van der Waals surface area contributed by atoms with Crippen LogP contribution in [0, 0.1) is 12.8 Å². The number of nitrogens with one attached hydrogen (secondary N) is 1. The summed E-state index contributed by atoms with van der Waals surface area (Å²) < 4.78 is 11.5. The fraction of sp³-hybridized carbons (Fsp3) is 0.481. The Morgan fingerprint density at radius 3 is 2.62 bits per heavy atom. The van der Waals surface area contributed by atoms with E-state index < -0.39 is 0 Å². The summed E-state index contributed by atoms with van der Waals surface area (Å²) in [5.41, 5.74) is 4.10. The van der Waals surface area contributed by atoms with E-state index in [1.807, 2.05) is 19.1 Å². The van der Waals surface area contributed by atoms with Crippen molar-refractivity contribution in [2.45, 2.75) is 58.4 Å². The van der Waals surface area contributed by atoms with Crippen LogP contribution in [0.3, 0.4) is 0 Å². The summed E-state index contributed by atoms with van der Waals surface area (Å²) >= 11 is 0. The van der Waals surface area contributed by atoms with E-state index in [4.69, 9.17) is 8.94 Å². The van der Waals surface area contributed by atoms with Crippen molar-refractivity contribution < 1.29 is 13.7 Å². The van der Waals surface area contributed by atoms with E-state index in [-0.39, 0.29) is 24.4 Å². The van der Waals surface area contributed by atoms with Gasteiger partial charge in [-0.25, -0.2) is 0 Å². The van der Waals surface area contributed by atoms with E-state index in [0.29, 0.717) is 18.0 Å². The van der Waals surface area contributed by atoms with Crippen LogP contribution in [-0.2, 0) is 12.8 Å². The lowest BCUT2D eigenvalue weighted by molar-refractivity contribution is 0.0887. The van der Waals surface area contributed by atoms with Crippen molar-refractivity contribution >= 4 is 18.3 Å². The first-order valence-electron chi connectivity index (χ1n) is 12.2. The van der Waals surface area contributed by atoms with Crippen molar-refractivity contribution in [2.75, 3.05) is 19.6 Å². The van der Waals surface area contributed by atoms with Crippen molar-refractivity contribution in [3.05, 3.63) is 64.7 Å². The summed E-state index contributed by atoms with van der Waals surface area (Å²) in [5.74, 6) is 2.94. The number of furan rings is 1. The van der Waals surface area contributed by atoms with E-state index in [1.165, 1.54) is 24.0 Å². The van der Waals surface area contributed by atoms with E-state index in [1.54, 1.807) is 6.07 Å². The number of rotatable bonds is 6. The Balaban J connectivity index is 0.00000274. The molecular weight excluding hydrogens is 450 g/mol. The molecular formula is C27H34ClN3O3. The van der Waals surface area contributed by atoms with E-state index in [0.717, 1.165) is 61.8 Å². The number of benzene rings is 1. The zero-order valence-corrected chi connectivity index (χ0v) is 20.8. The maximum Gasteiger partial charge on any atom is 0.273 e. The maximum atomic E-state index is 12.9. The predicted molar refractivity (Wildman–Crippen MR) is 134 cm³/mol. The van der Waals surface area contributed by atoms with Gasteiger partial charge in [0, 0.05) is 18.2 Å². The van der Waals surface area contributed by atoms with Crippen LogP contribution in [0.2, 0.25) is 0 Å². The molecule has 5 rings (SSSR count). The molecule has 3 heterocycles. The molecule has 1 amide bonds. The van der Waals surface area contributed by atoms with E-state index in [2.05, 4.69) is 40.5 Å². The smallest absolute Gasteiger partial charge is 0.273 e. The van der Waals surface area contributed by atoms with Gasteiger partial charge in [-0.1, -0.05) is 24.2 Å². The van der Waals surface area contributed by atoms with Gasteiger partial charge < -0.3 is 14.3 Å². The van der Waals surface area contributed by atoms with Gasteiger partial charge in [0.25, 0.3) is 5.91 Å². The molecule has 1 aliphatic heterocycles. The van der Waals surface area contributed by atoms with Gasteiger partial charge in [0.15, 0.2) is 11.5 Å². The Kier molecular flexibility index (Phi) is 7.79. The average molecular weight is 484 g/mol. The van der Waals surface area contributed by atoms with Crippen LogP contribution in [-0.4, -0.2) is 35.6 Å². The maximum absolute atomic E-state index is 12.9. The molecule has 1 aromatic carbocycles. The fourth-order valence-electron chi connectivity index (χ4n) is 5.07. The van der Waals surface area contributed by atoms with Crippen LogP contribution < -0.4 is 5.32 Å². The van der Waals surface area contributed by atoms with Gasteiger partial charge in [-0.05, 0) is 93.8 Å². The third kappa shape index (κ3) is 5.39. The monoisotopic (exact) mass is 483 g/mol. The van der Waals surface area contributed by atoms with Crippen molar-refractivity contribution in [1.82, 2.24) is 15.4 Å². The van der Waals surface area contributed by atoms with Crippen LogP contribution >= 0.6 is 12.4 Å². The predicted octanol–water partition coefficient (Wildman–Crippen LogP) is 5.75. The minimum atomic E-state index is -0.221. The lowest BCUT2D eigenvalue weighted by Gasteiger charge is -2.35. The van der Waals surface area contributed by atoms with Gasteiger partial charge in [-0.15, -0.1) is 12.4 Å². The number of nitrogens with zero attached hydrogens (tertiary/aromatic N) is 2. The minimum Gasteiger partial charge on any atom is -0.465 e. The Morgan fingerprint density at radius 1 is 1.12 bits per heavy atom. The summed E-state index contributed by atoms with van der Waals surface area (Å²) in [4.78, 5) is 15.3. The minimum absolute atomic E-state index is 0. The SMILES string of the molecule is Cc1ccc(C(CNC(=O)c2cc(-c3ccc4c(c3)CCCC4)on2)N2CCC(C)CC2)o1.Cl. The van der Waals surface area contributed by atoms with Crippen LogP contribution in [0.25, 0.3) is 11.3 Å². The molecule has 2 aromatic heterocycles. The molecule has 0 saturated carbocycles. The number of hydrogen-bond acceptors (Lipinski definition) is 5. The first kappa shape index (κ1) is 24.6.